The highest BCUT2D eigenvalue weighted by molar-refractivity contribution is 5.75. The van der Waals surface area contributed by atoms with Crippen LogP contribution in [0.25, 0.3) is 0 Å². The molecule has 63 nitrogen and oxygen atoms in total. The Morgan fingerprint density at radius 3 is 0.959 bits per heavy atom. The van der Waals surface area contributed by atoms with Crippen LogP contribution < -0.4 is 26.6 Å². The second-order valence-electron chi connectivity index (χ2n) is 37.0. The number of nitrogens with one attached hydrogen (secondary N) is 5. The molecule has 0 aliphatic carbocycles. The van der Waals surface area contributed by atoms with Crippen LogP contribution in [0.1, 0.15) is 55.4 Å². The van der Waals surface area contributed by atoms with Crippen molar-refractivity contribution in [2.24, 2.45) is 0 Å². The van der Waals surface area contributed by atoms with Crippen molar-refractivity contribution in [3.63, 3.8) is 0 Å². The molecule has 11 heterocycles. The highest BCUT2D eigenvalue weighted by Crippen LogP contribution is 2.43. The summed E-state index contributed by atoms with van der Waals surface area (Å²) in [4.78, 5) is 65.4. The van der Waals surface area contributed by atoms with Gasteiger partial charge in [0.05, 0.1) is 90.4 Å². The van der Waals surface area contributed by atoms with Gasteiger partial charge in [0.2, 0.25) is 29.5 Å². The molecule has 63 heteroatoms. The van der Waals surface area contributed by atoms with Crippen LogP contribution in [0.5, 0.6) is 0 Å². The molecule has 145 heavy (non-hydrogen) atoms. The van der Waals surface area contributed by atoms with Crippen molar-refractivity contribution >= 4 is 29.5 Å². The second-order valence-corrected chi connectivity index (χ2v) is 37.0. The van der Waals surface area contributed by atoms with E-state index in [2.05, 4.69) is 26.6 Å². The molecule has 0 aromatic rings. The van der Waals surface area contributed by atoms with Crippen molar-refractivity contribution in [2.45, 2.75) is 417 Å². The van der Waals surface area contributed by atoms with E-state index in [0.717, 1.165) is 34.6 Å². The highest BCUT2D eigenvalue weighted by Gasteiger charge is 2.64. The van der Waals surface area contributed by atoms with Crippen molar-refractivity contribution in [1.29, 1.82) is 0 Å². The molecule has 0 bridgehead atoms. The van der Waals surface area contributed by atoms with Gasteiger partial charge in [-0.3, -0.25) is 24.0 Å². The van der Waals surface area contributed by atoms with E-state index in [1.165, 1.54) is 20.8 Å². The van der Waals surface area contributed by atoms with Crippen molar-refractivity contribution in [1.82, 2.24) is 26.6 Å². The molecule has 0 spiro atoms. The summed E-state index contributed by atoms with van der Waals surface area (Å²) in [6, 6.07) is -9.77. The van der Waals surface area contributed by atoms with Crippen molar-refractivity contribution in [3.05, 3.63) is 0 Å². The van der Waals surface area contributed by atoms with E-state index in [0.29, 0.717) is 0 Å². The molecule has 11 fully saturated rings. The zero-order chi connectivity index (χ0) is 107. The Balaban J connectivity index is 0.814. The van der Waals surface area contributed by atoms with Gasteiger partial charge in [0, 0.05) is 34.6 Å². The lowest BCUT2D eigenvalue weighted by Gasteiger charge is -2.52. The first-order chi connectivity index (χ1) is 68.5. The monoisotopic (exact) mass is 2120 g/mol. The lowest BCUT2D eigenvalue weighted by atomic mass is 9.93. The fourth-order valence-corrected chi connectivity index (χ4v) is 18.7. The van der Waals surface area contributed by atoms with Crippen molar-refractivity contribution < 1.29 is 286 Å². The van der Waals surface area contributed by atoms with E-state index in [4.69, 9.17) is 104 Å². The van der Waals surface area contributed by atoms with Gasteiger partial charge in [0.15, 0.2) is 69.2 Å². The predicted molar refractivity (Wildman–Crippen MR) is 451 cm³/mol. The first-order valence-corrected chi connectivity index (χ1v) is 46.6. The summed E-state index contributed by atoms with van der Waals surface area (Å²) in [5.74, 6) is -4.86. The third-order valence-corrected chi connectivity index (χ3v) is 26.6. The number of carbonyl (C=O) groups excluding carboxylic acids is 5. The van der Waals surface area contributed by atoms with E-state index in [9.17, 15) is 182 Å². The Morgan fingerprint density at radius 1 is 0.248 bits per heavy atom. The largest absolute Gasteiger partial charge is 0.394 e. The van der Waals surface area contributed by atoms with Crippen LogP contribution in [0.15, 0.2) is 0 Å². The molecular weight excluding hydrogens is 1980 g/mol. The maximum absolute atomic E-state index is 13.6. The van der Waals surface area contributed by atoms with E-state index in [1.54, 1.807) is 0 Å². The normalized spacial score (nSPS) is 47.8. The minimum Gasteiger partial charge on any atom is -0.394 e. The van der Waals surface area contributed by atoms with Crippen molar-refractivity contribution in [3.8, 4) is 0 Å². The van der Waals surface area contributed by atoms with E-state index < -0.39 is 457 Å². The topological polar surface area (TPSA) is 976 Å². The highest BCUT2D eigenvalue weighted by atomic mass is 16.8. The summed E-state index contributed by atoms with van der Waals surface area (Å²) in [7, 11) is 0. The predicted octanol–water partition coefficient (Wildman–Crippen LogP) is -23.7. The van der Waals surface area contributed by atoms with Gasteiger partial charge in [-0.05, 0) is 20.8 Å². The third kappa shape index (κ3) is 27.2. The summed E-state index contributed by atoms with van der Waals surface area (Å²) in [5, 5.41) is 362. The molecular formula is C82H139N5O58. The van der Waals surface area contributed by atoms with E-state index in [1.807, 2.05) is 0 Å². The summed E-state index contributed by atoms with van der Waals surface area (Å²) in [5.41, 5.74) is 0. The Morgan fingerprint density at radius 2 is 0.538 bits per heavy atom. The Bertz CT molecular complexity index is 4020. The molecule has 0 radical (unpaired) electrons. The Labute approximate surface area is 823 Å². The Hall–Kier alpha value is -4.77. The van der Waals surface area contributed by atoms with Gasteiger partial charge in [-0.15, -0.1) is 0 Å². The van der Waals surface area contributed by atoms with E-state index >= 15 is 0 Å². The minimum absolute atomic E-state index is 0.855. The molecule has 840 valence electrons. The zero-order valence-electron chi connectivity index (χ0n) is 79.0. The van der Waals surface area contributed by atoms with Crippen LogP contribution in [0.4, 0.5) is 0 Å². The number of hydrogen-bond donors (Lipinski definition) is 36. The quantitative estimate of drug-likeness (QED) is 0.0271. The first-order valence-electron chi connectivity index (χ1n) is 46.6. The Kier molecular flexibility index (Phi) is 44.0. The molecule has 11 aliphatic rings. The zero-order valence-corrected chi connectivity index (χ0v) is 79.0. The maximum atomic E-state index is 13.6. The van der Waals surface area contributed by atoms with Gasteiger partial charge in [-0.1, -0.05) is 0 Å². The summed E-state index contributed by atoms with van der Waals surface area (Å²) in [6.07, 6.45) is -112. The third-order valence-electron chi connectivity index (χ3n) is 26.6. The molecule has 0 aromatic carbocycles. The van der Waals surface area contributed by atoms with Crippen LogP contribution >= 0.6 is 0 Å². The number of aliphatic hydroxyl groups excluding tert-OH is 31. The smallest absolute Gasteiger partial charge is 0.217 e. The SMILES string of the molecule is CC(=O)N[C@H]1[C@H](OC[C@@H](O)[C@H](O)[C@H](O[C@@H]2O[C@H](CO)[C@H](O)[C@H](O[C@@H]3O[C@H](CO)[C@@H](O[C@@H]4O[C@H](CO)[C@H](O)[C@H](O)[C@H]4O[C@@H]4O[C@@H](C)[C@@H](O)[C@@H](O)[C@@H]4O)[C@H](O[C@@H]4O[C@@H](C)[C@@H](O)[C@@H](O)[C@@H]4O)[C@H]3NC(C)=O)[C@H]2O)[C@H](CO)NC(C)=O)O[C@H](CO)[C@@H](O[C@@H]2O[C@H](CO)[C@H](O)[C@H](O[C@@H]3O[C@H](CO)[C@@H](O[C@@H]4O[C@H](CO)[C@H](O)[C@H](O[C@H]5O[C@H](CO)[C@H](O)[C@H](O)[C@H]5NC(C)=O)[C@H]4O[C@@H]4O[C@@H](C)[C@@H](O)[C@@H](O)[C@@H]4O)[C@H](O)[C@H]3NC(C)=O)[C@H]2O)[C@@H]1O. The second kappa shape index (κ2) is 52.9. The van der Waals surface area contributed by atoms with Gasteiger partial charge >= 0.3 is 0 Å². The lowest BCUT2D eigenvalue weighted by Crippen LogP contribution is -2.71. The molecule has 0 unspecified atom stereocenters. The van der Waals surface area contributed by atoms with Gasteiger partial charge < -0.3 is 289 Å². The average molecular weight is 2120 g/mol. The van der Waals surface area contributed by atoms with Gasteiger partial charge in [0.25, 0.3) is 0 Å². The molecule has 11 saturated heterocycles. The van der Waals surface area contributed by atoms with Gasteiger partial charge in [-0.2, -0.15) is 0 Å². The summed E-state index contributed by atoms with van der Waals surface area (Å²) in [6.45, 7) is -3.57. The standard InChI is InChI=1S/C82H139N5O58/c1-19-41(103)53(115)57(119)76(125-19)140-66-40(87-26(8)101)75(135-36(17-96)65(66)139-81-70(56(118)46(108)30(11-90)131-81)144-77-58(120)54(116)42(104)20(2)126-77)142-68-48(110)31(12-91)129-79(60(68)122)136-62(27(9-88)83-22(4)97)44(106)28(102)18-124-72-38(85-24(6)99)51(113)63(34(15-94)133-72)137-80-61(123)67(47(109)32(13-92)130-80)141-74-39(86-25(7)100)52(114)64(35(16-95)134-74)138-82-71(145-78-59(121)55(117)43(105)21(3)127-78)69(49(111)33(14-93)132-82)143-73-37(84-23(5)98)50(112)45(107)29(10-89)128-73/h19-21,27-82,88-96,102-123H,9-18H2,1-8H3,(H,83,97)(H,84,98)(H,85,99)(H,86,100)(H,87,101)/t19-,20-,21-,27-,28+,29+,30+,31+,32+,33+,34+,35+,36+,37+,38+,39+,40+,41+,42+,43+,44-,45-,46-,47-,48-,49-,50+,51+,52+,53+,54+,55+,56-,57-,58-,59-,60+,61+,62+,63+,64+,65+,66+,67-,68-,69-,70+,71+,72+,73+,74-,75-,76-,77-,78-,79-,80-,81-,82-/m0/s1. The molecule has 0 saturated carbocycles. The number of aliphatic hydroxyl groups is 31. The van der Waals surface area contributed by atoms with Gasteiger partial charge in [-0.25, -0.2) is 0 Å². The lowest BCUT2D eigenvalue weighted by molar-refractivity contribution is -0.402. The minimum atomic E-state index is -2.57. The summed E-state index contributed by atoms with van der Waals surface area (Å²) >= 11 is 0. The van der Waals surface area contributed by atoms with Crippen LogP contribution in [-0.4, -0.2) is 616 Å². The number of rotatable bonds is 40. The molecule has 36 N–H and O–H groups in total. The number of carbonyl (C=O) groups is 5. The van der Waals surface area contributed by atoms with Crippen LogP contribution in [-0.2, 0) is 128 Å². The number of ether oxygens (including phenoxy) is 22. The van der Waals surface area contributed by atoms with Crippen LogP contribution in [0.3, 0.4) is 0 Å². The van der Waals surface area contributed by atoms with Gasteiger partial charge in [0.1, 0.15) is 268 Å². The fourth-order valence-electron chi connectivity index (χ4n) is 18.7. The summed E-state index contributed by atoms with van der Waals surface area (Å²) < 4.78 is 132. The first kappa shape index (κ1) is 120. The fraction of sp³-hybridized carbons (Fsp3) is 0.939. The maximum Gasteiger partial charge on any atom is 0.217 e. The van der Waals surface area contributed by atoms with Crippen LogP contribution in [0.2, 0.25) is 0 Å². The van der Waals surface area contributed by atoms with E-state index in [-0.39, 0.29) is 0 Å². The molecule has 59 atom stereocenters. The van der Waals surface area contributed by atoms with Crippen LogP contribution in [0, 0.1) is 0 Å². The average Bonchev–Trinajstić information content (AvgIpc) is 0.756. The number of amides is 5. The molecule has 11 aliphatic heterocycles. The molecule has 5 amide bonds. The molecule has 0 aromatic heterocycles. The number of hydrogen-bond acceptors (Lipinski definition) is 58. The molecule has 11 rings (SSSR count). The van der Waals surface area contributed by atoms with Crippen molar-refractivity contribution in [2.75, 3.05) is 66.1 Å².